The molecule has 3 rings (SSSR count). The predicted molar refractivity (Wildman–Crippen MR) is 104 cm³/mol. The Labute approximate surface area is 151 Å². The van der Waals surface area contributed by atoms with E-state index in [-0.39, 0.29) is 11.9 Å². The first kappa shape index (κ1) is 17.1. The molecule has 0 aromatic heterocycles. The lowest BCUT2D eigenvalue weighted by Crippen LogP contribution is -2.31. The summed E-state index contributed by atoms with van der Waals surface area (Å²) in [5.74, 6) is -0.255. The summed E-state index contributed by atoms with van der Waals surface area (Å²) in [6.45, 7) is 0. The van der Waals surface area contributed by atoms with Crippen molar-refractivity contribution < 1.29 is 0 Å². The second-order valence-electron chi connectivity index (χ2n) is 5.72. The van der Waals surface area contributed by atoms with Crippen LogP contribution in [0.15, 0.2) is 90.2 Å². The Bertz CT molecular complexity index is 874. The zero-order valence-electron chi connectivity index (χ0n) is 14.0. The topological polar surface area (TPSA) is 102 Å². The van der Waals surface area contributed by atoms with Crippen molar-refractivity contribution in [1.82, 2.24) is 0 Å². The van der Waals surface area contributed by atoms with Gasteiger partial charge in [-0.15, -0.1) is 10.5 Å². The van der Waals surface area contributed by atoms with E-state index in [1.807, 2.05) is 48.5 Å². The maximum atomic E-state index is 8.65. The lowest BCUT2D eigenvalue weighted by Gasteiger charge is -2.19. The standard InChI is InChI=1S/C20H18N6/c21-20(22)26(25-24-23)18-13-11-17(12-14-18)19(15-7-3-1-4-8-15)16-9-5-2-6-10-16/h1-14,19H,(H3,21,22). The average molecular weight is 342 g/mol. The molecule has 0 aliphatic heterocycles. The summed E-state index contributed by atoms with van der Waals surface area (Å²) < 4.78 is 0. The van der Waals surface area contributed by atoms with E-state index in [0.717, 1.165) is 10.6 Å². The van der Waals surface area contributed by atoms with Gasteiger partial charge in [-0.05, 0) is 34.0 Å². The molecule has 3 N–H and O–H groups in total. The number of nitrogens with two attached hydrogens (primary N) is 1. The summed E-state index contributed by atoms with van der Waals surface area (Å²) in [7, 11) is 0. The summed E-state index contributed by atoms with van der Waals surface area (Å²) in [5.41, 5.74) is 18.1. The normalized spacial score (nSPS) is 10.2. The fourth-order valence-electron chi connectivity index (χ4n) is 2.96. The van der Waals surface area contributed by atoms with Gasteiger partial charge in [0.25, 0.3) is 5.96 Å². The molecule has 0 atom stereocenters. The first-order chi connectivity index (χ1) is 12.7. The maximum Gasteiger partial charge on any atom is 0.292 e. The molecule has 26 heavy (non-hydrogen) atoms. The Morgan fingerprint density at radius 3 is 1.73 bits per heavy atom. The largest absolute Gasteiger partial charge is 0.349 e. The summed E-state index contributed by atoms with van der Waals surface area (Å²) in [6, 6.07) is 28.0. The summed E-state index contributed by atoms with van der Waals surface area (Å²) in [6.07, 6.45) is 0. The van der Waals surface area contributed by atoms with Gasteiger partial charge in [0, 0.05) is 5.92 Å². The van der Waals surface area contributed by atoms with Crippen LogP contribution in [0.1, 0.15) is 22.6 Å². The van der Waals surface area contributed by atoms with Crippen molar-refractivity contribution in [2.45, 2.75) is 5.92 Å². The van der Waals surface area contributed by atoms with Gasteiger partial charge in [0.05, 0.1) is 0 Å². The zero-order valence-corrected chi connectivity index (χ0v) is 14.0. The quantitative estimate of drug-likeness (QED) is 0.132. The summed E-state index contributed by atoms with van der Waals surface area (Å²) in [5, 5.41) is 12.0. The molecule has 6 nitrogen and oxygen atoms in total. The number of rotatable bonds is 5. The number of benzene rings is 3. The van der Waals surface area contributed by atoms with E-state index in [9.17, 15) is 0 Å². The molecule has 6 heteroatoms. The van der Waals surface area contributed by atoms with Gasteiger partial charge in [-0.2, -0.15) is 4.91 Å². The molecule has 128 valence electrons. The fourth-order valence-corrected chi connectivity index (χ4v) is 2.96. The van der Waals surface area contributed by atoms with Gasteiger partial charge in [-0.1, -0.05) is 72.8 Å². The van der Waals surface area contributed by atoms with E-state index in [0.29, 0.717) is 5.69 Å². The van der Waals surface area contributed by atoms with Gasteiger partial charge in [0.15, 0.2) is 0 Å². The minimum absolute atomic E-state index is 0.0803. The molecule has 0 saturated heterocycles. The van der Waals surface area contributed by atoms with E-state index in [1.165, 1.54) is 11.1 Å². The average Bonchev–Trinajstić information content (AvgIpc) is 2.68. The molecule has 0 saturated carbocycles. The van der Waals surface area contributed by atoms with Crippen LogP contribution in [0.2, 0.25) is 0 Å². The van der Waals surface area contributed by atoms with Crippen molar-refractivity contribution in [3.8, 4) is 0 Å². The molecule has 0 heterocycles. The molecule has 0 spiro atoms. The fraction of sp³-hybridized carbons (Fsp3) is 0.0500. The number of guanidine groups is 1. The second kappa shape index (κ2) is 7.88. The Hall–Kier alpha value is -3.76. The summed E-state index contributed by atoms with van der Waals surface area (Å²) in [4.78, 5) is 2.72. The second-order valence-corrected chi connectivity index (χ2v) is 5.72. The van der Waals surface area contributed by atoms with Gasteiger partial charge >= 0.3 is 0 Å². The molecule has 3 aromatic carbocycles. The highest BCUT2D eigenvalue weighted by Crippen LogP contribution is 2.32. The lowest BCUT2D eigenvalue weighted by molar-refractivity contribution is 0.974. The van der Waals surface area contributed by atoms with Crippen LogP contribution >= 0.6 is 0 Å². The highest BCUT2D eigenvalue weighted by atomic mass is 15.6. The Kier molecular flexibility index (Phi) is 5.17. The molecule has 0 bridgehead atoms. The van der Waals surface area contributed by atoms with Crippen molar-refractivity contribution in [3.05, 3.63) is 112 Å². The molecule has 0 unspecified atom stereocenters. The zero-order chi connectivity index (χ0) is 18.4. The molecule has 0 aliphatic rings. The molecule has 0 radical (unpaired) electrons. The van der Waals surface area contributed by atoms with Crippen molar-refractivity contribution in [1.29, 1.82) is 5.41 Å². The SMILES string of the molecule is [N-]=[N+]=NN(C(=N)N)c1ccc(C(c2ccccc2)c2ccccc2)cc1. The molecule has 0 fully saturated rings. The van der Waals surface area contributed by atoms with Crippen LogP contribution in [-0.2, 0) is 0 Å². The van der Waals surface area contributed by atoms with Gasteiger partial charge in [0.1, 0.15) is 5.69 Å². The monoisotopic (exact) mass is 342 g/mol. The molecule has 3 aromatic rings. The van der Waals surface area contributed by atoms with Gasteiger partial charge in [0.2, 0.25) is 0 Å². The highest BCUT2D eigenvalue weighted by molar-refractivity contribution is 5.91. The third-order valence-electron chi connectivity index (χ3n) is 4.09. The molecule has 0 amide bonds. The van der Waals surface area contributed by atoms with Crippen molar-refractivity contribution in [2.24, 2.45) is 11.0 Å². The third kappa shape index (κ3) is 3.66. The van der Waals surface area contributed by atoms with Crippen LogP contribution in [-0.4, -0.2) is 5.96 Å². The van der Waals surface area contributed by atoms with Crippen molar-refractivity contribution in [3.63, 3.8) is 0 Å². The van der Waals surface area contributed by atoms with E-state index < -0.39 is 0 Å². The number of nitrogens with zero attached hydrogens (tertiary/aromatic N) is 4. The third-order valence-corrected chi connectivity index (χ3v) is 4.09. The number of hydrogen-bond donors (Lipinski definition) is 2. The maximum absolute atomic E-state index is 8.65. The van der Waals surface area contributed by atoms with Gasteiger partial charge in [-0.25, -0.2) is 5.41 Å². The number of nitrogens with one attached hydrogen (secondary N) is 1. The van der Waals surface area contributed by atoms with Crippen LogP contribution in [0, 0.1) is 5.41 Å². The first-order valence-electron chi connectivity index (χ1n) is 8.09. The Balaban J connectivity index is 2.03. The molecule has 0 aliphatic carbocycles. The van der Waals surface area contributed by atoms with Crippen LogP contribution < -0.4 is 10.7 Å². The first-order valence-corrected chi connectivity index (χ1v) is 8.09. The lowest BCUT2D eigenvalue weighted by atomic mass is 9.85. The smallest absolute Gasteiger partial charge is 0.292 e. The highest BCUT2D eigenvalue weighted by Gasteiger charge is 2.18. The van der Waals surface area contributed by atoms with Crippen LogP contribution in [0.3, 0.4) is 0 Å². The minimum Gasteiger partial charge on any atom is -0.349 e. The predicted octanol–water partition coefficient (Wildman–Crippen LogP) is 4.79. The van der Waals surface area contributed by atoms with Gasteiger partial charge < -0.3 is 5.73 Å². The van der Waals surface area contributed by atoms with Crippen LogP contribution in [0.25, 0.3) is 10.4 Å². The molecular weight excluding hydrogens is 324 g/mol. The summed E-state index contributed by atoms with van der Waals surface area (Å²) >= 11 is 0. The van der Waals surface area contributed by atoms with Gasteiger partial charge in [-0.3, -0.25) is 0 Å². The minimum atomic E-state index is -0.335. The van der Waals surface area contributed by atoms with E-state index in [2.05, 4.69) is 34.4 Å². The van der Waals surface area contributed by atoms with Crippen molar-refractivity contribution in [2.75, 3.05) is 5.01 Å². The van der Waals surface area contributed by atoms with E-state index in [4.69, 9.17) is 16.7 Å². The Morgan fingerprint density at radius 1 is 0.846 bits per heavy atom. The van der Waals surface area contributed by atoms with Crippen LogP contribution in [0.5, 0.6) is 0 Å². The van der Waals surface area contributed by atoms with E-state index in [1.54, 1.807) is 12.1 Å². The number of azide groups is 1. The molecular formula is C20H18N6. The number of anilines is 1. The Morgan fingerprint density at radius 2 is 1.31 bits per heavy atom. The van der Waals surface area contributed by atoms with Crippen LogP contribution in [0.4, 0.5) is 5.69 Å². The number of hydrogen-bond acceptors (Lipinski definition) is 2. The van der Waals surface area contributed by atoms with E-state index >= 15 is 0 Å². The van der Waals surface area contributed by atoms with Crippen molar-refractivity contribution >= 4 is 11.6 Å².